The second-order valence-electron chi connectivity index (χ2n) is 6.31. The summed E-state index contributed by atoms with van der Waals surface area (Å²) in [6.45, 7) is 3.77. The van der Waals surface area contributed by atoms with Crippen LogP contribution in [-0.2, 0) is 0 Å². The number of benzene rings is 2. The SMILES string of the molecule is COc1cc(N/C=C(\C#N)c2nc(-c3ccc(C)cc3)cs2)c(C)cc1[N+](=O)[O-]. The van der Waals surface area contributed by atoms with E-state index in [1.165, 1.54) is 30.1 Å². The van der Waals surface area contributed by atoms with Crippen LogP contribution in [0.4, 0.5) is 11.4 Å². The molecule has 7 nitrogen and oxygen atoms in total. The summed E-state index contributed by atoms with van der Waals surface area (Å²) in [4.78, 5) is 15.2. The van der Waals surface area contributed by atoms with Crippen LogP contribution >= 0.6 is 11.3 Å². The second-order valence-corrected chi connectivity index (χ2v) is 7.17. The molecule has 0 unspecified atom stereocenters. The lowest BCUT2D eigenvalue weighted by Gasteiger charge is -2.09. The van der Waals surface area contributed by atoms with Crippen LogP contribution in [0.25, 0.3) is 16.8 Å². The van der Waals surface area contributed by atoms with Gasteiger partial charge in [0.1, 0.15) is 16.6 Å². The van der Waals surface area contributed by atoms with E-state index in [0.29, 0.717) is 21.8 Å². The van der Waals surface area contributed by atoms with E-state index in [1.54, 1.807) is 19.2 Å². The summed E-state index contributed by atoms with van der Waals surface area (Å²) in [5.41, 5.74) is 4.48. The molecule has 0 radical (unpaired) electrons. The van der Waals surface area contributed by atoms with E-state index in [9.17, 15) is 15.4 Å². The van der Waals surface area contributed by atoms with Crippen molar-refractivity contribution in [2.75, 3.05) is 12.4 Å². The first kappa shape index (κ1) is 20.0. The predicted molar refractivity (Wildman–Crippen MR) is 114 cm³/mol. The first-order chi connectivity index (χ1) is 13.9. The van der Waals surface area contributed by atoms with Crippen molar-refractivity contribution in [2.45, 2.75) is 13.8 Å². The number of hydrogen-bond donors (Lipinski definition) is 1. The van der Waals surface area contributed by atoms with Gasteiger partial charge >= 0.3 is 5.69 Å². The average molecular weight is 406 g/mol. The zero-order valence-corrected chi connectivity index (χ0v) is 16.9. The summed E-state index contributed by atoms with van der Waals surface area (Å²) in [7, 11) is 1.38. The molecule has 0 saturated heterocycles. The highest BCUT2D eigenvalue weighted by Crippen LogP contribution is 2.33. The summed E-state index contributed by atoms with van der Waals surface area (Å²) in [6.07, 6.45) is 1.55. The van der Waals surface area contributed by atoms with E-state index >= 15 is 0 Å². The lowest BCUT2D eigenvalue weighted by molar-refractivity contribution is -0.385. The minimum atomic E-state index is -0.492. The van der Waals surface area contributed by atoms with Gasteiger partial charge in [-0.05, 0) is 19.4 Å². The van der Waals surface area contributed by atoms with Gasteiger partial charge in [-0.25, -0.2) is 4.98 Å². The molecule has 0 fully saturated rings. The first-order valence-electron chi connectivity index (χ1n) is 8.65. The number of nitro benzene ring substituents is 1. The summed E-state index contributed by atoms with van der Waals surface area (Å²) in [6, 6.07) is 13.1. The standard InChI is InChI=1S/C21H18N4O3S/c1-13-4-6-15(7-5-13)18-12-29-21(24-18)16(10-22)11-23-17-9-20(28-3)19(25(26)27)8-14(17)2/h4-9,11-12,23H,1-3H3/b16-11+. The third-order valence-corrected chi connectivity index (χ3v) is 5.17. The maximum atomic E-state index is 11.1. The van der Waals surface area contributed by atoms with E-state index in [1.807, 2.05) is 36.6 Å². The molecule has 0 saturated carbocycles. The zero-order valence-electron chi connectivity index (χ0n) is 16.1. The van der Waals surface area contributed by atoms with E-state index in [0.717, 1.165) is 11.3 Å². The number of thiazole rings is 1. The molecule has 1 aromatic heterocycles. The van der Waals surface area contributed by atoms with Gasteiger partial charge in [0.05, 0.1) is 17.7 Å². The Hall–Kier alpha value is -3.70. The van der Waals surface area contributed by atoms with Crippen molar-refractivity contribution in [2.24, 2.45) is 0 Å². The molecule has 0 aliphatic carbocycles. The fourth-order valence-electron chi connectivity index (χ4n) is 2.68. The van der Waals surface area contributed by atoms with Gasteiger partial charge in [0, 0.05) is 35.0 Å². The van der Waals surface area contributed by atoms with Crippen molar-refractivity contribution >= 4 is 28.3 Å². The molecule has 0 aliphatic rings. The second kappa shape index (κ2) is 8.54. The Morgan fingerprint density at radius 1 is 1.31 bits per heavy atom. The fraction of sp³-hybridized carbons (Fsp3) is 0.143. The molecule has 3 aromatic rings. The van der Waals surface area contributed by atoms with Crippen molar-refractivity contribution in [3.8, 4) is 23.1 Å². The van der Waals surface area contributed by atoms with Crippen LogP contribution in [-0.4, -0.2) is 17.0 Å². The summed E-state index contributed by atoms with van der Waals surface area (Å²) in [5.74, 6) is 0.144. The minimum Gasteiger partial charge on any atom is -0.490 e. The maximum Gasteiger partial charge on any atom is 0.311 e. The van der Waals surface area contributed by atoms with Crippen molar-refractivity contribution in [1.29, 1.82) is 5.26 Å². The van der Waals surface area contributed by atoms with Gasteiger partial charge in [-0.3, -0.25) is 10.1 Å². The van der Waals surface area contributed by atoms with Gasteiger partial charge in [-0.15, -0.1) is 11.3 Å². The van der Waals surface area contributed by atoms with Crippen molar-refractivity contribution in [3.63, 3.8) is 0 Å². The third kappa shape index (κ3) is 4.42. The van der Waals surface area contributed by atoms with E-state index in [-0.39, 0.29) is 11.4 Å². The first-order valence-corrected chi connectivity index (χ1v) is 9.53. The third-order valence-electron chi connectivity index (χ3n) is 4.30. The van der Waals surface area contributed by atoms with Crippen LogP contribution in [0.1, 0.15) is 16.1 Å². The van der Waals surface area contributed by atoms with Crippen LogP contribution in [0.2, 0.25) is 0 Å². The molecule has 0 bridgehead atoms. The Bertz CT molecular complexity index is 1130. The number of nitrogens with one attached hydrogen (secondary N) is 1. The number of ether oxygens (including phenoxy) is 1. The number of aromatic nitrogens is 1. The molecular formula is C21H18N4O3S. The van der Waals surface area contributed by atoms with Gasteiger partial charge in [0.25, 0.3) is 0 Å². The number of nitro groups is 1. The quantitative estimate of drug-likeness (QED) is 0.338. The highest BCUT2D eigenvalue weighted by atomic mass is 32.1. The number of nitrogens with zero attached hydrogens (tertiary/aromatic N) is 3. The molecule has 1 N–H and O–H groups in total. The average Bonchev–Trinajstić information content (AvgIpc) is 3.19. The molecular weight excluding hydrogens is 388 g/mol. The Morgan fingerprint density at radius 2 is 2.03 bits per heavy atom. The molecule has 8 heteroatoms. The topological polar surface area (TPSA) is 101 Å². The summed E-state index contributed by atoms with van der Waals surface area (Å²) >= 11 is 1.38. The number of hydrogen-bond acceptors (Lipinski definition) is 7. The van der Waals surface area contributed by atoms with Gasteiger partial charge in [0.15, 0.2) is 5.75 Å². The van der Waals surface area contributed by atoms with Crippen LogP contribution in [0.15, 0.2) is 48.0 Å². The maximum absolute atomic E-state index is 11.1. The zero-order chi connectivity index (χ0) is 21.0. The van der Waals surface area contributed by atoms with Crippen molar-refractivity contribution < 1.29 is 9.66 Å². The van der Waals surface area contributed by atoms with Crippen LogP contribution in [0, 0.1) is 35.3 Å². The number of anilines is 1. The molecule has 0 amide bonds. The highest BCUT2D eigenvalue weighted by molar-refractivity contribution is 7.11. The van der Waals surface area contributed by atoms with Gasteiger partial charge in [-0.1, -0.05) is 29.8 Å². The molecule has 0 aliphatic heterocycles. The molecule has 2 aromatic carbocycles. The smallest absolute Gasteiger partial charge is 0.311 e. The Kier molecular flexibility index (Phi) is 5.90. The van der Waals surface area contributed by atoms with E-state index < -0.39 is 4.92 Å². The van der Waals surface area contributed by atoms with Crippen LogP contribution < -0.4 is 10.1 Å². The predicted octanol–water partition coefficient (Wildman–Crippen LogP) is 5.32. The molecule has 1 heterocycles. The largest absolute Gasteiger partial charge is 0.490 e. The molecule has 0 atom stereocenters. The number of nitriles is 1. The Morgan fingerprint density at radius 3 is 2.66 bits per heavy atom. The molecule has 0 spiro atoms. The van der Waals surface area contributed by atoms with E-state index in [2.05, 4.69) is 16.4 Å². The number of aryl methyl sites for hydroxylation is 2. The lowest BCUT2D eigenvalue weighted by Crippen LogP contribution is -1.99. The molecule has 146 valence electrons. The van der Waals surface area contributed by atoms with Gasteiger partial charge in [0.2, 0.25) is 0 Å². The Balaban J connectivity index is 1.87. The van der Waals surface area contributed by atoms with Crippen LogP contribution in [0.5, 0.6) is 5.75 Å². The van der Waals surface area contributed by atoms with Gasteiger partial charge in [-0.2, -0.15) is 5.26 Å². The summed E-state index contributed by atoms with van der Waals surface area (Å²) < 4.78 is 5.10. The summed E-state index contributed by atoms with van der Waals surface area (Å²) in [5, 5.41) is 26.2. The lowest BCUT2D eigenvalue weighted by atomic mass is 10.1. The normalized spacial score (nSPS) is 11.0. The fourth-order valence-corrected chi connectivity index (χ4v) is 3.48. The van der Waals surface area contributed by atoms with Crippen molar-refractivity contribution in [1.82, 2.24) is 4.98 Å². The van der Waals surface area contributed by atoms with Crippen molar-refractivity contribution in [3.05, 3.63) is 74.2 Å². The Labute approximate surface area is 172 Å². The molecule has 29 heavy (non-hydrogen) atoms. The highest BCUT2D eigenvalue weighted by Gasteiger charge is 2.17. The molecule has 3 rings (SSSR count). The van der Waals surface area contributed by atoms with Crippen LogP contribution in [0.3, 0.4) is 0 Å². The van der Waals surface area contributed by atoms with Gasteiger partial charge < -0.3 is 10.1 Å². The number of rotatable bonds is 6. The number of allylic oxidation sites excluding steroid dienone is 1. The number of methoxy groups -OCH3 is 1. The monoisotopic (exact) mass is 406 g/mol. The van der Waals surface area contributed by atoms with E-state index in [4.69, 9.17) is 4.74 Å². The minimum absolute atomic E-state index is 0.109.